The van der Waals surface area contributed by atoms with Gasteiger partial charge in [0.05, 0.1) is 50.5 Å². The number of aromatic nitrogens is 2. The molecule has 8 heteroatoms. The van der Waals surface area contributed by atoms with Gasteiger partial charge in [0, 0.05) is 5.70 Å². The summed E-state index contributed by atoms with van der Waals surface area (Å²) in [4.78, 5) is 17.5. The number of benzene rings is 2. The van der Waals surface area contributed by atoms with E-state index in [1.807, 2.05) is 41.0 Å². The summed E-state index contributed by atoms with van der Waals surface area (Å²) in [6, 6.07) is 11.2. The minimum Gasteiger partial charge on any atom is -0.493 e. The highest BCUT2D eigenvalue weighted by atomic mass is 16.5. The van der Waals surface area contributed by atoms with Gasteiger partial charge in [-0.2, -0.15) is 0 Å². The van der Waals surface area contributed by atoms with Crippen molar-refractivity contribution in [3.63, 3.8) is 0 Å². The zero-order chi connectivity index (χ0) is 20.1. The van der Waals surface area contributed by atoms with E-state index in [0.29, 0.717) is 35.3 Å². The molecule has 0 fully saturated rings. The first kappa shape index (κ1) is 17.4. The molecule has 0 spiro atoms. The molecule has 2 N–H and O–H groups in total. The molecule has 0 bridgehead atoms. The lowest BCUT2D eigenvalue weighted by Crippen LogP contribution is -2.26. The van der Waals surface area contributed by atoms with Crippen molar-refractivity contribution < 1.29 is 19.0 Å². The Hall–Kier alpha value is -3.68. The molecule has 148 valence electrons. The molecule has 2 aliphatic rings. The van der Waals surface area contributed by atoms with Gasteiger partial charge in [-0.05, 0) is 29.8 Å². The number of ether oxygens (including phenoxy) is 3. The monoisotopic (exact) mass is 392 g/mol. The SMILES string of the molecule is COc1cc(C2C3=C(CNC3=O)Nc3nc4ccccc4n32)cc(OC)c1OC. The van der Waals surface area contributed by atoms with Crippen LogP contribution in [0.1, 0.15) is 11.6 Å². The molecule has 5 rings (SSSR count). The van der Waals surface area contributed by atoms with Crippen LogP contribution < -0.4 is 24.8 Å². The average Bonchev–Trinajstić information content (AvgIpc) is 3.31. The Morgan fingerprint density at radius 3 is 2.48 bits per heavy atom. The summed E-state index contributed by atoms with van der Waals surface area (Å²) in [5.74, 6) is 2.17. The Balaban J connectivity index is 1.80. The largest absolute Gasteiger partial charge is 0.493 e. The maximum Gasteiger partial charge on any atom is 0.251 e. The van der Waals surface area contributed by atoms with Crippen molar-refractivity contribution in [1.29, 1.82) is 0 Å². The van der Waals surface area contributed by atoms with Crippen LogP contribution in [0.3, 0.4) is 0 Å². The van der Waals surface area contributed by atoms with Gasteiger partial charge in [-0.1, -0.05) is 12.1 Å². The van der Waals surface area contributed by atoms with Crippen molar-refractivity contribution >= 4 is 22.9 Å². The number of fused-ring (bicyclic) bond motifs is 3. The molecule has 3 heterocycles. The number of nitrogens with zero attached hydrogens (tertiary/aromatic N) is 2. The maximum absolute atomic E-state index is 12.8. The van der Waals surface area contributed by atoms with Gasteiger partial charge in [-0.3, -0.25) is 9.36 Å². The van der Waals surface area contributed by atoms with E-state index in [0.717, 1.165) is 22.3 Å². The van der Waals surface area contributed by atoms with Gasteiger partial charge in [0.1, 0.15) is 0 Å². The van der Waals surface area contributed by atoms with Crippen LogP contribution in [-0.2, 0) is 4.79 Å². The molecule has 0 saturated carbocycles. The first-order chi connectivity index (χ1) is 14.2. The first-order valence-corrected chi connectivity index (χ1v) is 9.21. The average molecular weight is 392 g/mol. The van der Waals surface area contributed by atoms with Crippen LogP contribution in [0.2, 0.25) is 0 Å². The van der Waals surface area contributed by atoms with Gasteiger partial charge in [-0.25, -0.2) is 4.98 Å². The minimum absolute atomic E-state index is 0.102. The highest BCUT2D eigenvalue weighted by Gasteiger charge is 2.39. The quantitative estimate of drug-likeness (QED) is 0.709. The third kappa shape index (κ3) is 2.45. The summed E-state index contributed by atoms with van der Waals surface area (Å²) >= 11 is 0. The summed E-state index contributed by atoms with van der Waals surface area (Å²) in [7, 11) is 4.72. The second-order valence-corrected chi connectivity index (χ2v) is 6.86. The Morgan fingerprint density at radius 2 is 1.79 bits per heavy atom. The Labute approximate surface area is 167 Å². The number of nitrogens with one attached hydrogen (secondary N) is 2. The number of para-hydroxylation sites is 2. The van der Waals surface area contributed by atoms with Crippen molar-refractivity contribution in [3.05, 3.63) is 53.2 Å². The molecule has 1 aromatic heterocycles. The predicted octanol–water partition coefficient (Wildman–Crippen LogP) is 2.46. The fraction of sp³-hybridized carbons (Fsp3) is 0.238. The number of hydrogen-bond acceptors (Lipinski definition) is 6. The van der Waals surface area contributed by atoms with Gasteiger partial charge in [-0.15, -0.1) is 0 Å². The lowest BCUT2D eigenvalue weighted by molar-refractivity contribution is -0.116. The first-order valence-electron chi connectivity index (χ1n) is 9.21. The standard InChI is InChI=1S/C21H20N4O4/c1-27-15-8-11(9-16(28-2)19(15)29-3)18-17-13(10-22-20(17)26)24-21-23-12-6-4-5-7-14(12)25(18)21/h4-9,18H,10H2,1-3H3,(H,22,26)(H,23,24). The molecule has 2 aliphatic heterocycles. The van der Waals surface area contributed by atoms with Crippen molar-refractivity contribution in [1.82, 2.24) is 14.9 Å². The van der Waals surface area contributed by atoms with Gasteiger partial charge in [0.15, 0.2) is 11.5 Å². The van der Waals surface area contributed by atoms with Crippen LogP contribution >= 0.6 is 0 Å². The third-order valence-corrected chi connectivity index (χ3v) is 5.39. The summed E-state index contributed by atoms with van der Waals surface area (Å²) in [5, 5.41) is 6.23. The molecule has 0 aliphatic carbocycles. The fourth-order valence-electron chi connectivity index (χ4n) is 4.13. The van der Waals surface area contributed by atoms with Gasteiger partial charge in [0.2, 0.25) is 11.7 Å². The molecular formula is C21H20N4O4. The van der Waals surface area contributed by atoms with Crippen LogP contribution in [0.15, 0.2) is 47.7 Å². The summed E-state index contributed by atoms with van der Waals surface area (Å²) < 4.78 is 18.6. The number of amides is 1. The van der Waals surface area contributed by atoms with E-state index < -0.39 is 0 Å². The fourth-order valence-corrected chi connectivity index (χ4v) is 4.13. The molecule has 1 atom stereocenters. The normalized spacial score (nSPS) is 17.5. The van der Waals surface area contributed by atoms with Crippen molar-refractivity contribution in [2.45, 2.75) is 6.04 Å². The minimum atomic E-state index is -0.384. The summed E-state index contributed by atoms with van der Waals surface area (Å²) in [6.45, 7) is 0.443. The Morgan fingerprint density at radius 1 is 1.07 bits per heavy atom. The van der Waals surface area contributed by atoms with Crippen molar-refractivity contribution in [2.75, 3.05) is 33.2 Å². The lowest BCUT2D eigenvalue weighted by Gasteiger charge is -2.28. The molecule has 2 aromatic carbocycles. The smallest absolute Gasteiger partial charge is 0.251 e. The van der Waals surface area contributed by atoms with E-state index in [4.69, 9.17) is 19.2 Å². The summed E-state index contributed by atoms with van der Waals surface area (Å²) in [6.07, 6.45) is 0. The number of rotatable bonds is 4. The second kappa shape index (κ2) is 6.44. The molecule has 1 amide bonds. The van der Waals surface area contributed by atoms with Gasteiger partial charge < -0.3 is 24.8 Å². The van der Waals surface area contributed by atoms with Crippen molar-refractivity contribution in [3.8, 4) is 17.2 Å². The zero-order valence-corrected chi connectivity index (χ0v) is 16.3. The van der Waals surface area contributed by atoms with Gasteiger partial charge >= 0.3 is 0 Å². The topological polar surface area (TPSA) is 86.6 Å². The van der Waals surface area contributed by atoms with Gasteiger partial charge in [0.25, 0.3) is 5.91 Å². The van der Waals surface area contributed by atoms with Crippen molar-refractivity contribution in [2.24, 2.45) is 0 Å². The number of carbonyl (C=O) groups is 1. The van der Waals surface area contributed by atoms with E-state index in [1.54, 1.807) is 21.3 Å². The number of imidazole rings is 1. The molecule has 3 aromatic rings. The second-order valence-electron chi connectivity index (χ2n) is 6.86. The van der Waals surface area contributed by atoms with Crippen LogP contribution in [0, 0.1) is 0 Å². The predicted molar refractivity (Wildman–Crippen MR) is 108 cm³/mol. The molecule has 0 saturated heterocycles. The maximum atomic E-state index is 12.8. The molecule has 0 radical (unpaired) electrons. The highest BCUT2D eigenvalue weighted by molar-refractivity contribution is 6.00. The molecule has 1 unspecified atom stereocenters. The molecule has 8 nitrogen and oxygen atoms in total. The molecular weight excluding hydrogens is 372 g/mol. The number of hydrogen-bond donors (Lipinski definition) is 2. The van der Waals surface area contributed by atoms with Crippen LogP contribution in [0.25, 0.3) is 11.0 Å². The van der Waals surface area contributed by atoms with E-state index in [-0.39, 0.29) is 11.9 Å². The third-order valence-electron chi connectivity index (χ3n) is 5.39. The number of methoxy groups -OCH3 is 3. The van der Waals surface area contributed by atoms with Crippen LogP contribution in [-0.4, -0.2) is 43.3 Å². The number of anilines is 1. The van der Waals surface area contributed by atoms with Crippen LogP contribution in [0.4, 0.5) is 5.95 Å². The Kier molecular flexibility index (Phi) is 3.87. The lowest BCUT2D eigenvalue weighted by atomic mass is 9.95. The summed E-state index contributed by atoms with van der Waals surface area (Å²) in [5.41, 5.74) is 4.12. The highest BCUT2D eigenvalue weighted by Crippen LogP contribution is 2.45. The van der Waals surface area contributed by atoms with E-state index in [1.165, 1.54) is 0 Å². The number of carbonyl (C=O) groups excluding carboxylic acids is 1. The van der Waals surface area contributed by atoms with E-state index >= 15 is 0 Å². The van der Waals surface area contributed by atoms with E-state index in [2.05, 4.69) is 10.6 Å². The van der Waals surface area contributed by atoms with E-state index in [9.17, 15) is 4.79 Å². The molecule has 29 heavy (non-hydrogen) atoms. The Bertz CT molecular complexity index is 1160. The zero-order valence-electron chi connectivity index (χ0n) is 16.3. The van der Waals surface area contributed by atoms with Crippen LogP contribution in [0.5, 0.6) is 17.2 Å².